The van der Waals surface area contributed by atoms with E-state index in [1.54, 1.807) is 42.5 Å². The molecule has 1 fully saturated rings. The lowest BCUT2D eigenvalue weighted by molar-refractivity contribution is -0.149. The fourth-order valence-corrected chi connectivity index (χ4v) is 3.59. The number of carbonyl (C=O) groups is 2. The Morgan fingerprint density at radius 2 is 2.16 bits per heavy atom. The van der Waals surface area contributed by atoms with Crippen molar-refractivity contribution in [2.45, 2.75) is 32.1 Å². The molecular formula is C18H28N4O3. The van der Waals surface area contributed by atoms with Crippen LogP contribution >= 0.6 is 0 Å². The second-order valence-electron chi connectivity index (χ2n) is 6.88. The van der Waals surface area contributed by atoms with Crippen LogP contribution in [0.3, 0.4) is 0 Å². The molecule has 1 aromatic heterocycles. The number of hydrogen-bond acceptors (Lipinski definition) is 5. The van der Waals surface area contributed by atoms with Gasteiger partial charge in [0.25, 0.3) is 0 Å². The molecule has 2 amide bonds. The predicted octanol–water partition coefficient (Wildman–Crippen LogP) is 1.14. The Bertz CT molecular complexity index is 579. The molecule has 0 saturated carbocycles. The van der Waals surface area contributed by atoms with Gasteiger partial charge in [0.1, 0.15) is 6.61 Å². The van der Waals surface area contributed by atoms with Gasteiger partial charge < -0.3 is 14.5 Å². The van der Waals surface area contributed by atoms with Crippen molar-refractivity contribution in [1.29, 1.82) is 0 Å². The molecule has 0 N–H and O–H groups in total. The number of nitrogens with zero attached hydrogens (tertiary/aromatic N) is 4. The Balaban J connectivity index is 2.08. The van der Waals surface area contributed by atoms with Crippen molar-refractivity contribution < 1.29 is 14.3 Å². The summed E-state index contributed by atoms with van der Waals surface area (Å²) in [5.74, 6) is 0.0496. The average Bonchev–Trinajstić information content (AvgIpc) is 2.62. The number of methoxy groups -OCH3 is 1. The molecule has 1 saturated heterocycles. The molecule has 0 spiro atoms. The summed E-state index contributed by atoms with van der Waals surface area (Å²) in [6.07, 6.45) is 9.09. The lowest BCUT2D eigenvalue weighted by atomic mass is 9.74. The zero-order chi connectivity index (χ0) is 18.3. The summed E-state index contributed by atoms with van der Waals surface area (Å²) in [7, 11) is 5.08. The number of amides is 2. The Labute approximate surface area is 149 Å². The zero-order valence-corrected chi connectivity index (χ0v) is 15.4. The van der Waals surface area contributed by atoms with Crippen molar-refractivity contribution in [2.24, 2.45) is 5.41 Å². The number of ether oxygens (including phenoxy) is 1. The second-order valence-corrected chi connectivity index (χ2v) is 6.88. The molecule has 1 atom stereocenters. The predicted molar refractivity (Wildman–Crippen MR) is 93.8 cm³/mol. The van der Waals surface area contributed by atoms with Crippen LogP contribution in [-0.4, -0.2) is 72.5 Å². The number of hydrogen-bond donors (Lipinski definition) is 0. The third kappa shape index (κ3) is 4.98. The van der Waals surface area contributed by atoms with E-state index in [-0.39, 0.29) is 18.4 Å². The number of aromatic nitrogens is 2. The van der Waals surface area contributed by atoms with Crippen molar-refractivity contribution in [3.05, 3.63) is 24.3 Å². The fraction of sp³-hybridized carbons (Fsp3) is 0.667. The molecule has 7 nitrogen and oxygen atoms in total. The molecule has 0 radical (unpaired) electrons. The van der Waals surface area contributed by atoms with Gasteiger partial charge in [0.2, 0.25) is 11.8 Å². The Kier molecular flexibility index (Phi) is 6.87. The smallest absolute Gasteiger partial charge is 0.248 e. The monoisotopic (exact) mass is 348 g/mol. The highest BCUT2D eigenvalue weighted by atomic mass is 16.5. The minimum Gasteiger partial charge on any atom is -0.375 e. The maximum Gasteiger partial charge on any atom is 0.248 e. The minimum atomic E-state index is -0.520. The molecule has 138 valence electrons. The van der Waals surface area contributed by atoms with Crippen LogP contribution < -0.4 is 0 Å². The van der Waals surface area contributed by atoms with E-state index in [2.05, 4.69) is 9.97 Å². The van der Waals surface area contributed by atoms with E-state index in [0.29, 0.717) is 13.1 Å². The highest BCUT2D eigenvalue weighted by molar-refractivity contribution is 5.84. The van der Waals surface area contributed by atoms with Crippen molar-refractivity contribution in [3.63, 3.8) is 0 Å². The van der Waals surface area contributed by atoms with Crippen molar-refractivity contribution in [2.75, 3.05) is 40.9 Å². The van der Waals surface area contributed by atoms with Crippen LogP contribution in [0.2, 0.25) is 0 Å². The maximum absolute atomic E-state index is 12.9. The van der Waals surface area contributed by atoms with E-state index in [4.69, 9.17) is 4.74 Å². The first-order valence-corrected chi connectivity index (χ1v) is 8.72. The van der Waals surface area contributed by atoms with Crippen molar-refractivity contribution in [1.82, 2.24) is 19.8 Å². The molecule has 1 aliphatic rings. The first-order chi connectivity index (χ1) is 12.0. The molecule has 1 aliphatic heterocycles. The molecule has 2 heterocycles. The third-order valence-corrected chi connectivity index (χ3v) is 4.76. The molecule has 0 aliphatic carbocycles. The van der Waals surface area contributed by atoms with E-state index in [1.165, 1.54) is 7.11 Å². The molecule has 0 aromatic carbocycles. The summed E-state index contributed by atoms with van der Waals surface area (Å²) in [5.41, 5.74) is 0.408. The summed E-state index contributed by atoms with van der Waals surface area (Å²) in [6.45, 7) is 1.22. The lowest BCUT2D eigenvalue weighted by Crippen LogP contribution is -2.53. The van der Waals surface area contributed by atoms with Crippen LogP contribution in [0.15, 0.2) is 18.6 Å². The van der Waals surface area contributed by atoms with Gasteiger partial charge in [0.05, 0.1) is 11.1 Å². The van der Waals surface area contributed by atoms with E-state index in [0.717, 1.165) is 37.8 Å². The molecule has 7 heteroatoms. The third-order valence-electron chi connectivity index (χ3n) is 4.76. The molecule has 0 bridgehead atoms. The summed E-state index contributed by atoms with van der Waals surface area (Å²) in [5, 5.41) is 0. The van der Waals surface area contributed by atoms with Crippen LogP contribution in [0, 0.1) is 5.41 Å². The topological polar surface area (TPSA) is 75.6 Å². The number of piperidine rings is 1. The summed E-state index contributed by atoms with van der Waals surface area (Å²) >= 11 is 0. The van der Waals surface area contributed by atoms with Gasteiger partial charge in [-0.15, -0.1) is 0 Å². The highest BCUT2D eigenvalue weighted by Crippen LogP contribution is 2.36. The van der Waals surface area contributed by atoms with Crippen LogP contribution in [-0.2, 0) is 20.7 Å². The molecular weight excluding hydrogens is 320 g/mol. The van der Waals surface area contributed by atoms with Crippen molar-refractivity contribution >= 4 is 11.8 Å². The molecule has 2 rings (SSSR count). The van der Waals surface area contributed by atoms with E-state index < -0.39 is 5.41 Å². The summed E-state index contributed by atoms with van der Waals surface area (Å²) in [4.78, 5) is 36.9. The Hall–Kier alpha value is -2.02. The number of aryl methyl sites for hydroxylation is 1. The van der Waals surface area contributed by atoms with E-state index >= 15 is 0 Å². The molecule has 25 heavy (non-hydrogen) atoms. The van der Waals surface area contributed by atoms with Gasteiger partial charge in [0.15, 0.2) is 0 Å². The first kappa shape index (κ1) is 19.3. The maximum atomic E-state index is 12.9. The summed E-state index contributed by atoms with van der Waals surface area (Å²) < 4.78 is 4.97. The first-order valence-electron chi connectivity index (χ1n) is 8.72. The Morgan fingerprint density at radius 3 is 2.80 bits per heavy atom. The van der Waals surface area contributed by atoms with Crippen LogP contribution in [0.25, 0.3) is 0 Å². The van der Waals surface area contributed by atoms with Crippen LogP contribution in [0.5, 0.6) is 0 Å². The zero-order valence-electron chi connectivity index (χ0n) is 15.4. The van der Waals surface area contributed by atoms with Gasteiger partial charge in [-0.2, -0.15) is 0 Å². The fourth-order valence-electron chi connectivity index (χ4n) is 3.59. The number of rotatable bonds is 7. The van der Waals surface area contributed by atoms with Crippen LogP contribution in [0.4, 0.5) is 0 Å². The van der Waals surface area contributed by atoms with Gasteiger partial charge in [-0.1, -0.05) is 0 Å². The van der Waals surface area contributed by atoms with Gasteiger partial charge in [0, 0.05) is 52.9 Å². The van der Waals surface area contributed by atoms with E-state index in [9.17, 15) is 9.59 Å². The quantitative estimate of drug-likeness (QED) is 0.739. The standard InChI is InChI=1S/C18H28N4O3/c1-21(2)17(24)18(7-4-6-15-12-19-9-10-20-15)8-5-11-22(14-18)16(23)13-25-3/h9-10,12H,4-8,11,13-14H2,1-3H3/t18-/m0/s1. The van der Waals surface area contributed by atoms with Gasteiger partial charge in [-0.05, 0) is 32.1 Å². The second kappa shape index (κ2) is 8.89. The van der Waals surface area contributed by atoms with E-state index in [1.807, 2.05) is 0 Å². The van der Waals surface area contributed by atoms with Crippen molar-refractivity contribution in [3.8, 4) is 0 Å². The molecule has 1 aromatic rings. The SMILES string of the molecule is COCC(=O)N1CCC[C@](CCCc2cnccn2)(C(=O)N(C)C)C1. The number of likely N-dealkylation sites (tertiary alicyclic amines) is 1. The van der Waals surface area contributed by atoms with Gasteiger partial charge in [-0.3, -0.25) is 19.6 Å². The Morgan fingerprint density at radius 1 is 1.36 bits per heavy atom. The lowest BCUT2D eigenvalue weighted by Gasteiger charge is -2.43. The summed E-state index contributed by atoms with van der Waals surface area (Å²) in [6, 6.07) is 0. The number of carbonyl (C=O) groups excluding carboxylic acids is 2. The molecule has 0 unspecified atom stereocenters. The normalized spacial score (nSPS) is 20.4. The largest absolute Gasteiger partial charge is 0.375 e. The average molecular weight is 348 g/mol. The van der Waals surface area contributed by atoms with Crippen LogP contribution in [0.1, 0.15) is 31.4 Å². The van der Waals surface area contributed by atoms with Gasteiger partial charge in [-0.25, -0.2) is 0 Å². The highest BCUT2D eigenvalue weighted by Gasteiger charge is 2.43. The minimum absolute atomic E-state index is 0.0490. The van der Waals surface area contributed by atoms with Gasteiger partial charge >= 0.3 is 0 Å².